The summed E-state index contributed by atoms with van der Waals surface area (Å²) in [5.41, 5.74) is -1.01. The molecular formula is C126H211Br2N5O11. The topological polar surface area (TPSA) is 255 Å². The number of aliphatic imine (C=N–C) groups is 1. The Labute approximate surface area is 893 Å². The van der Waals surface area contributed by atoms with Crippen molar-refractivity contribution in [3.8, 4) is 0 Å². The van der Waals surface area contributed by atoms with Crippen LogP contribution in [0.1, 0.15) is 448 Å². The van der Waals surface area contributed by atoms with Crippen molar-refractivity contribution >= 4 is 67.0 Å². The SMILES string of the molecule is C.C.C.C.C.C1=CCN=C1.CCC(=O)[C@H]1CC[C@H]2[C@@H]3CC[C@@H]4C[C@](C)(O)CC[C@@H]4[C@H]3CC[C@]12C.CO.C[C@@H](Br)C(=O)[C@H]1CC[C@H]2[C@@H]3CC[C@@H]4C[C@](C)(O)CC[C@@H]4[C@H]3CC[C@]12C.C[C@@H](C(=O)[C@H]1CC[C@H]2[C@@H]3CC[C@@H]4C[C@](C)(O)CC[C@@H]4[C@H]3CC[C@]12C)n1cccn1.C[C@H](Br)C(=O)[C@H]1CC[C@H]2[C@@H]3CC[C@@H]4C[C@](C)(O)CC[C@@H]4[C@H]3CC[C@]12C.C[C@H](C(=O)[C@H]1CC[C@H]2[C@@H]3CC[C@@H]4C[C@](C)(O)CC[C@@H]4[C@H]3CC[C@]12C)n1cccn1. The van der Waals surface area contributed by atoms with E-state index in [2.05, 4.69) is 81.7 Å². The molecule has 44 atom stereocenters. The van der Waals surface area contributed by atoms with E-state index in [1.54, 1.807) is 18.6 Å². The molecule has 1 aliphatic heterocycles. The van der Waals surface area contributed by atoms with E-state index in [0.29, 0.717) is 52.1 Å². The van der Waals surface area contributed by atoms with Crippen LogP contribution in [-0.4, -0.2) is 137 Å². The van der Waals surface area contributed by atoms with Gasteiger partial charge in [-0.25, -0.2) is 0 Å². The highest BCUT2D eigenvalue weighted by molar-refractivity contribution is 9.10. The molecule has 0 aromatic carbocycles. The van der Waals surface area contributed by atoms with Gasteiger partial charge in [0.2, 0.25) is 0 Å². The third-order valence-corrected chi connectivity index (χ3v) is 48.2. The number of nitrogens with zero attached hydrogens (tertiary/aromatic N) is 5. The first-order chi connectivity index (χ1) is 65.9. The van der Waals surface area contributed by atoms with Gasteiger partial charge in [-0.2, -0.15) is 10.2 Å². The van der Waals surface area contributed by atoms with Gasteiger partial charge in [0.05, 0.1) is 44.2 Å². The van der Waals surface area contributed by atoms with E-state index in [0.717, 1.165) is 252 Å². The molecule has 21 aliphatic rings. The number of allylic oxidation sites excluding steroid dienone is 1. The lowest BCUT2D eigenvalue weighted by Gasteiger charge is -2.57. The number of hydrogen-bond acceptors (Lipinski definition) is 14. The monoisotopic (exact) mass is 2130 g/mol. The van der Waals surface area contributed by atoms with Gasteiger partial charge in [0.15, 0.2) is 11.6 Å². The van der Waals surface area contributed by atoms with Gasteiger partial charge >= 0.3 is 0 Å². The molecule has 2 aromatic heterocycles. The molecule has 16 nitrogen and oxygen atoms in total. The van der Waals surface area contributed by atoms with Crippen LogP contribution in [0, 0.1) is 205 Å². The van der Waals surface area contributed by atoms with Gasteiger partial charge in [-0.3, -0.25) is 38.3 Å². The lowest BCUT2D eigenvalue weighted by Crippen LogP contribution is -2.51. The maximum absolute atomic E-state index is 13.5. The highest BCUT2D eigenvalue weighted by atomic mass is 79.9. The summed E-state index contributed by atoms with van der Waals surface area (Å²) in [6.07, 6.45) is 67.7. The summed E-state index contributed by atoms with van der Waals surface area (Å²) in [6.45, 7) is 33.4. The number of ketones is 5. The van der Waals surface area contributed by atoms with Crippen molar-refractivity contribution in [2.45, 2.75) is 486 Å². The summed E-state index contributed by atoms with van der Waals surface area (Å²) < 4.78 is 3.67. The summed E-state index contributed by atoms with van der Waals surface area (Å²) >= 11 is 7.08. The molecule has 820 valence electrons. The Kier molecular flexibility index (Phi) is 39.3. The molecule has 6 N–H and O–H groups in total. The fraction of sp³-hybridized carbons (Fsp3) is 0.889. The van der Waals surface area contributed by atoms with Crippen LogP contribution in [0.3, 0.4) is 0 Å². The third-order valence-electron chi connectivity index (χ3n) is 47.3. The Morgan fingerprint density at radius 3 is 0.743 bits per heavy atom. The Bertz CT molecular complexity index is 4340. The van der Waals surface area contributed by atoms with E-state index in [9.17, 15) is 49.5 Å². The van der Waals surface area contributed by atoms with Crippen LogP contribution >= 0.6 is 31.9 Å². The predicted molar refractivity (Wildman–Crippen MR) is 596 cm³/mol. The Morgan fingerprint density at radius 1 is 0.312 bits per heavy atom. The molecule has 144 heavy (non-hydrogen) atoms. The molecule has 20 fully saturated rings. The summed E-state index contributed by atoms with van der Waals surface area (Å²) in [5, 5.41) is 68.3. The van der Waals surface area contributed by atoms with Crippen LogP contribution in [0.5, 0.6) is 0 Å². The quantitative estimate of drug-likeness (QED) is 0.108. The van der Waals surface area contributed by atoms with E-state index in [-0.39, 0.29) is 104 Å². The van der Waals surface area contributed by atoms with Crippen LogP contribution in [0.25, 0.3) is 0 Å². The number of Topliss-reactive ketones (excluding diaryl/α,β-unsaturated/α-hetero) is 5. The fourth-order valence-corrected chi connectivity index (χ4v) is 41.4. The summed E-state index contributed by atoms with van der Waals surface area (Å²) in [4.78, 5) is 68.9. The summed E-state index contributed by atoms with van der Waals surface area (Å²) in [6, 6.07) is 3.52. The van der Waals surface area contributed by atoms with Crippen molar-refractivity contribution in [2.75, 3.05) is 13.7 Å². The molecule has 0 saturated heterocycles. The van der Waals surface area contributed by atoms with E-state index in [1.807, 2.05) is 115 Å². The largest absolute Gasteiger partial charge is 0.400 e. The van der Waals surface area contributed by atoms with Gasteiger partial charge in [-0.15, -0.1) is 0 Å². The zero-order valence-corrected chi connectivity index (χ0v) is 92.4. The molecule has 0 bridgehead atoms. The molecule has 23 rings (SSSR count). The maximum Gasteiger partial charge on any atom is 0.160 e. The van der Waals surface area contributed by atoms with Crippen LogP contribution in [0.2, 0.25) is 0 Å². The molecule has 0 radical (unpaired) electrons. The minimum atomic E-state index is -0.440. The number of aromatic nitrogens is 4. The van der Waals surface area contributed by atoms with E-state index >= 15 is 0 Å². The highest BCUT2D eigenvalue weighted by Crippen LogP contribution is 2.72. The lowest BCUT2D eigenvalue weighted by molar-refractivity contribution is -0.135. The molecule has 0 spiro atoms. The van der Waals surface area contributed by atoms with Crippen molar-refractivity contribution in [3.63, 3.8) is 0 Å². The minimum Gasteiger partial charge on any atom is -0.400 e. The molecule has 3 heterocycles. The zero-order valence-electron chi connectivity index (χ0n) is 89.3. The molecule has 20 saturated carbocycles. The number of halogens is 2. The van der Waals surface area contributed by atoms with E-state index < -0.39 is 28.0 Å². The molecular weight excluding hydrogens is 1920 g/mol. The molecule has 18 heteroatoms. The Morgan fingerprint density at radius 2 is 0.542 bits per heavy atom. The van der Waals surface area contributed by atoms with Gasteiger partial charge < -0.3 is 30.6 Å². The fourth-order valence-electron chi connectivity index (χ4n) is 40.8. The average molecular weight is 2130 g/mol. The van der Waals surface area contributed by atoms with E-state index in [1.165, 1.54) is 193 Å². The Balaban J connectivity index is 0.000000156. The minimum absolute atomic E-state index is 0. The van der Waals surface area contributed by atoms with Crippen LogP contribution in [0.4, 0.5) is 0 Å². The first kappa shape index (κ1) is 120. The third kappa shape index (κ3) is 23.3. The predicted octanol–water partition coefficient (Wildman–Crippen LogP) is 29.2. The molecule has 20 aliphatic carbocycles. The average Bonchev–Trinajstić information content (AvgIpc) is 1.58. The number of carbonyl (C=O) groups excluding carboxylic acids is 5. The number of carbonyl (C=O) groups is 5. The second-order valence-corrected chi connectivity index (χ2v) is 57.4. The van der Waals surface area contributed by atoms with Crippen molar-refractivity contribution in [2.24, 2.45) is 210 Å². The van der Waals surface area contributed by atoms with Gasteiger partial charge in [0.25, 0.3) is 0 Å². The van der Waals surface area contributed by atoms with Gasteiger partial charge in [-0.05, 0) is 544 Å². The number of hydrogen-bond donors (Lipinski definition) is 6. The second kappa shape index (κ2) is 47.3. The number of aliphatic hydroxyl groups excluding tert-OH is 1. The van der Waals surface area contributed by atoms with Gasteiger partial charge in [0, 0.05) is 74.1 Å². The van der Waals surface area contributed by atoms with Gasteiger partial charge in [-0.1, -0.05) is 117 Å². The summed E-state index contributed by atoms with van der Waals surface area (Å²) in [5.74, 6) is 23.5. The summed E-state index contributed by atoms with van der Waals surface area (Å²) in [7, 11) is 1.00. The van der Waals surface area contributed by atoms with Gasteiger partial charge in [0.1, 0.15) is 29.4 Å². The van der Waals surface area contributed by atoms with Crippen molar-refractivity contribution in [1.82, 2.24) is 19.6 Å². The normalized spacial score (nSPS) is 47.4. The van der Waals surface area contributed by atoms with Crippen LogP contribution in [-0.2, 0) is 24.0 Å². The smallest absolute Gasteiger partial charge is 0.160 e. The highest BCUT2D eigenvalue weighted by Gasteiger charge is 2.66. The van der Waals surface area contributed by atoms with Crippen LogP contribution < -0.4 is 0 Å². The second-order valence-electron chi connectivity index (χ2n) is 54.7. The van der Waals surface area contributed by atoms with Crippen LogP contribution in [0.15, 0.2) is 54.1 Å². The number of aliphatic hydroxyl groups is 6. The first-order valence-corrected chi connectivity index (χ1v) is 59.9. The maximum atomic E-state index is 13.5. The number of fused-ring (bicyclic) bond motifs is 25. The van der Waals surface area contributed by atoms with Crippen molar-refractivity contribution in [3.05, 3.63) is 49.1 Å². The molecule has 0 unspecified atom stereocenters. The number of alkyl halides is 2. The van der Waals surface area contributed by atoms with Crippen molar-refractivity contribution in [1.29, 1.82) is 0 Å². The lowest BCUT2D eigenvalue weighted by atomic mass is 9.49. The molecule has 0 amide bonds. The number of rotatable bonds is 12. The first-order valence-electron chi connectivity index (χ1n) is 58.1. The van der Waals surface area contributed by atoms with Crippen molar-refractivity contribution < 1.29 is 54.6 Å². The molecule has 2 aromatic rings. The zero-order chi connectivity index (χ0) is 99.4. The Hall–Kier alpha value is -3.10. The standard InChI is InChI=1S/2C25H38N2O2.2C22H35BrO2.C22H36O2.C4H5N.CH4O.5CH4/c2*1-16(27-14-4-13-26-27)23(28)22-8-7-21-20-6-5-17-15-24(2,29)11-9-18(17)19(20)10-12-25(21,22)3;2*1-13(23)20(24)19-7-6-18-17-5-4-14-12-21(2,25)10-8-15(14)16(17)9-11-22(18,19)3;1-4-20(23)19-8-7-18-17-6-5-14-13-21(2,24)11-9-15(14)16(17)10-12-22(18,19)3;1-2-4-5-3-1;1-2;;;;;/h2*4,13-14,16-22,29H,5-12,15H2,1-3H3;2*13-19,25H,4-12H2,1-3H3;14-19,24H,4-13H2,1-3H3;1-3H,4H2;2H,1H3;5*1H4/t16-,17+,18-,19+,20+,21-,22+,24+,25-;16-,17-,18+,19-,20-,21+,22-,24-,25+;13-,14+,15-,16+,17+,18-,19+,21+,22-;13-,14-,15+,16-,17-,18+,19-,21-,22+;14-,15+,16-,17-,18+,19-,21-,22+;;;;;;;/m01011......./s1. The van der Waals surface area contributed by atoms with E-state index in [4.69, 9.17) is 5.11 Å².